The molecule has 0 amide bonds. The molecule has 0 rings (SSSR count). The van der Waals surface area contributed by atoms with Crippen LogP contribution in [-0.2, 0) is 0 Å². The molecule has 0 radical (unpaired) electrons. The molecule has 0 saturated carbocycles. The summed E-state index contributed by atoms with van der Waals surface area (Å²) in [5, 5.41) is 0. The number of nitrogens with two attached hydrogens (primary N) is 1. The van der Waals surface area contributed by atoms with E-state index in [4.69, 9.17) is 5.84 Å². The maximum atomic E-state index is 5.14. The summed E-state index contributed by atoms with van der Waals surface area (Å²) >= 11 is 0. The minimum absolute atomic E-state index is 0.734. The third kappa shape index (κ3) is 2.28. The summed E-state index contributed by atoms with van der Waals surface area (Å²) in [5.74, 6) is 5.87. The number of nitrogens with one attached hydrogen (secondary N) is 1. The van der Waals surface area contributed by atoms with Crippen molar-refractivity contribution in [2.45, 2.75) is 13.8 Å². The van der Waals surface area contributed by atoms with Crippen LogP contribution in [-0.4, -0.2) is 12.9 Å². The third-order valence-electron chi connectivity index (χ3n) is 1.17. The number of hydrogen-bond donors (Lipinski definition) is 2. The number of hydrazine groups is 1. The Morgan fingerprint density at radius 3 is 2.33 bits per heavy atom. The Morgan fingerprint density at radius 2 is 2.22 bits per heavy atom. The molecule has 52 valence electrons. The summed E-state index contributed by atoms with van der Waals surface area (Å²) in [6.07, 6.45) is 1.95. The minimum atomic E-state index is 0.734. The van der Waals surface area contributed by atoms with Gasteiger partial charge in [0.1, 0.15) is 5.84 Å². The van der Waals surface area contributed by atoms with Crippen molar-refractivity contribution >= 4 is 5.84 Å². The van der Waals surface area contributed by atoms with E-state index in [1.807, 2.05) is 19.9 Å². The van der Waals surface area contributed by atoms with E-state index in [-0.39, 0.29) is 0 Å². The van der Waals surface area contributed by atoms with Crippen molar-refractivity contribution in [1.82, 2.24) is 5.43 Å². The molecule has 0 unspecified atom stereocenters. The Morgan fingerprint density at radius 1 is 1.67 bits per heavy atom. The molecule has 0 saturated heterocycles. The van der Waals surface area contributed by atoms with Gasteiger partial charge in [0.05, 0.1) is 0 Å². The third-order valence-corrected chi connectivity index (χ3v) is 1.17. The van der Waals surface area contributed by atoms with E-state index >= 15 is 0 Å². The predicted molar refractivity (Wildman–Crippen MR) is 40.1 cm³/mol. The van der Waals surface area contributed by atoms with Crippen molar-refractivity contribution in [1.29, 1.82) is 0 Å². The zero-order valence-corrected chi connectivity index (χ0v) is 6.10. The van der Waals surface area contributed by atoms with Crippen LogP contribution in [0.4, 0.5) is 0 Å². The van der Waals surface area contributed by atoms with Gasteiger partial charge in [-0.25, -0.2) is 5.84 Å². The molecular weight excluding hydrogens is 114 g/mol. The van der Waals surface area contributed by atoms with E-state index in [0.717, 1.165) is 11.4 Å². The van der Waals surface area contributed by atoms with E-state index in [1.54, 1.807) is 7.05 Å². The molecule has 3 heteroatoms. The van der Waals surface area contributed by atoms with Gasteiger partial charge in [0.2, 0.25) is 0 Å². The second-order valence-corrected chi connectivity index (χ2v) is 1.69. The smallest absolute Gasteiger partial charge is 0.137 e. The maximum Gasteiger partial charge on any atom is 0.137 e. The van der Waals surface area contributed by atoms with Crippen LogP contribution in [0.3, 0.4) is 0 Å². The van der Waals surface area contributed by atoms with Crippen LogP contribution in [0.5, 0.6) is 0 Å². The molecule has 0 bridgehead atoms. The standard InChI is InChI=1S/C6H13N3/c1-4-5(2)6(8-3)9-7/h4H,7H2,1-3H3,(H,8,9)/b5-4-. The second-order valence-electron chi connectivity index (χ2n) is 1.69. The first kappa shape index (κ1) is 8.17. The van der Waals surface area contributed by atoms with Gasteiger partial charge in [0.15, 0.2) is 0 Å². The first-order chi connectivity index (χ1) is 4.26. The Hall–Kier alpha value is -0.830. The number of rotatable bonds is 1. The lowest BCUT2D eigenvalue weighted by Gasteiger charge is -2.01. The zero-order valence-electron chi connectivity index (χ0n) is 6.10. The molecule has 0 aliphatic heterocycles. The maximum absolute atomic E-state index is 5.14. The average Bonchev–Trinajstić information content (AvgIpc) is 1.90. The lowest BCUT2D eigenvalue weighted by atomic mass is 10.3. The van der Waals surface area contributed by atoms with Gasteiger partial charge < -0.3 is 5.43 Å². The Kier molecular flexibility index (Phi) is 3.71. The van der Waals surface area contributed by atoms with Crippen LogP contribution in [0.25, 0.3) is 0 Å². The highest BCUT2D eigenvalue weighted by molar-refractivity contribution is 5.97. The highest BCUT2D eigenvalue weighted by Crippen LogP contribution is 1.90. The molecule has 0 fully saturated rings. The van der Waals surface area contributed by atoms with Crippen LogP contribution in [0, 0.1) is 0 Å². The molecule has 0 aliphatic rings. The van der Waals surface area contributed by atoms with Gasteiger partial charge in [-0.2, -0.15) is 0 Å². The van der Waals surface area contributed by atoms with E-state index in [9.17, 15) is 0 Å². The molecule has 3 N–H and O–H groups in total. The molecule has 0 aliphatic carbocycles. The van der Waals surface area contributed by atoms with Crippen molar-refractivity contribution in [3.8, 4) is 0 Å². The topological polar surface area (TPSA) is 50.4 Å². The van der Waals surface area contributed by atoms with Crippen LogP contribution in [0.1, 0.15) is 13.8 Å². The fraction of sp³-hybridized carbons (Fsp3) is 0.500. The first-order valence-corrected chi connectivity index (χ1v) is 2.83. The van der Waals surface area contributed by atoms with Gasteiger partial charge >= 0.3 is 0 Å². The Balaban J connectivity index is 4.14. The molecular formula is C6H13N3. The lowest BCUT2D eigenvalue weighted by Crippen LogP contribution is -2.30. The average molecular weight is 127 g/mol. The van der Waals surface area contributed by atoms with Crippen LogP contribution >= 0.6 is 0 Å². The number of aliphatic imine (C=N–C) groups is 1. The van der Waals surface area contributed by atoms with Crippen LogP contribution in [0.15, 0.2) is 16.6 Å². The summed E-state index contributed by atoms with van der Waals surface area (Å²) in [5.41, 5.74) is 3.54. The predicted octanol–water partition coefficient (Wildman–Crippen LogP) is 0.444. The van der Waals surface area contributed by atoms with Gasteiger partial charge in [-0.3, -0.25) is 4.99 Å². The number of allylic oxidation sites excluding steroid dienone is 1. The molecule has 3 nitrogen and oxygen atoms in total. The fourth-order valence-corrected chi connectivity index (χ4v) is 0.491. The summed E-state index contributed by atoms with van der Waals surface area (Å²) in [7, 11) is 1.70. The largest absolute Gasteiger partial charge is 0.309 e. The minimum Gasteiger partial charge on any atom is -0.309 e. The van der Waals surface area contributed by atoms with Crippen molar-refractivity contribution in [2.24, 2.45) is 10.8 Å². The van der Waals surface area contributed by atoms with Crippen molar-refractivity contribution in [3.05, 3.63) is 11.6 Å². The Labute approximate surface area is 55.6 Å². The van der Waals surface area contributed by atoms with Crippen LogP contribution < -0.4 is 11.3 Å². The normalized spacial score (nSPS) is 13.8. The summed E-state index contributed by atoms with van der Waals surface area (Å²) < 4.78 is 0. The highest BCUT2D eigenvalue weighted by atomic mass is 15.2. The van der Waals surface area contributed by atoms with Gasteiger partial charge in [-0.05, 0) is 19.4 Å². The van der Waals surface area contributed by atoms with E-state index < -0.39 is 0 Å². The van der Waals surface area contributed by atoms with Crippen molar-refractivity contribution < 1.29 is 0 Å². The molecule has 0 aromatic rings. The van der Waals surface area contributed by atoms with Gasteiger partial charge in [0.25, 0.3) is 0 Å². The second kappa shape index (κ2) is 4.09. The first-order valence-electron chi connectivity index (χ1n) is 2.83. The SMILES string of the molecule is C/C=C(/C)C(=NC)NN. The molecule has 0 aromatic carbocycles. The summed E-state index contributed by atoms with van der Waals surface area (Å²) in [4.78, 5) is 3.89. The fourth-order valence-electron chi connectivity index (χ4n) is 0.491. The zero-order chi connectivity index (χ0) is 7.28. The molecule has 0 heterocycles. The number of amidine groups is 1. The Bertz CT molecular complexity index is 135. The monoisotopic (exact) mass is 127 g/mol. The van der Waals surface area contributed by atoms with E-state index in [1.165, 1.54) is 0 Å². The van der Waals surface area contributed by atoms with Gasteiger partial charge in [-0.1, -0.05) is 6.08 Å². The highest BCUT2D eigenvalue weighted by Gasteiger charge is 1.93. The van der Waals surface area contributed by atoms with Crippen molar-refractivity contribution in [3.63, 3.8) is 0 Å². The van der Waals surface area contributed by atoms with Crippen LogP contribution in [0.2, 0.25) is 0 Å². The quantitative estimate of drug-likeness (QED) is 0.232. The number of hydrogen-bond acceptors (Lipinski definition) is 2. The summed E-state index contributed by atoms with van der Waals surface area (Å²) in [6.45, 7) is 3.89. The van der Waals surface area contributed by atoms with E-state index in [0.29, 0.717) is 0 Å². The lowest BCUT2D eigenvalue weighted by molar-refractivity contribution is 1.01. The molecule has 0 spiro atoms. The molecule has 9 heavy (non-hydrogen) atoms. The van der Waals surface area contributed by atoms with Gasteiger partial charge in [-0.15, -0.1) is 0 Å². The van der Waals surface area contributed by atoms with E-state index in [2.05, 4.69) is 10.4 Å². The van der Waals surface area contributed by atoms with Gasteiger partial charge in [0, 0.05) is 7.05 Å². The molecule has 0 atom stereocenters. The summed E-state index contributed by atoms with van der Waals surface area (Å²) in [6, 6.07) is 0. The number of nitrogens with zero attached hydrogens (tertiary/aromatic N) is 1. The molecule has 0 aromatic heterocycles. The van der Waals surface area contributed by atoms with Crippen molar-refractivity contribution in [2.75, 3.05) is 7.05 Å².